The van der Waals surface area contributed by atoms with E-state index < -0.39 is 11.4 Å². The minimum absolute atomic E-state index is 0.215. The molecule has 5 nitrogen and oxygen atoms in total. The van der Waals surface area contributed by atoms with E-state index in [9.17, 15) is 9.59 Å². The summed E-state index contributed by atoms with van der Waals surface area (Å²) >= 11 is 0. The first-order valence-corrected chi connectivity index (χ1v) is 7.33. The molecule has 19 heavy (non-hydrogen) atoms. The molecule has 2 saturated carbocycles. The first-order chi connectivity index (χ1) is 9.05. The lowest BCUT2D eigenvalue weighted by Gasteiger charge is -2.28. The zero-order valence-corrected chi connectivity index (χ0v) is 11.6. The highest BCUT2D eigenvalue weighted by atomic mass is 16.4. The predicted octanol–water partition coefficient (Wildman–Crippen LogP) is 2.12. The summed E-state index contributed by atoms with van der Waals surface area (Å²) in [6.07, 6.45) is 7.00. The van der Waals surface area contributed by atoms with Crippen molar-refractivity contribution in [2.75, 3.05) is 6.54 Å². The highest BCUT2D eigenvalue weighted by molar-refractivity contribution is 5.80. The Bertz CT molecular complexity index is 345. The third-order valence-electron chi connectivity index (χ3n) is 4.65. The van der Waals surface area contributed by atoms with E-state index in [1.165, 1.54) is 19.3 Å². The molecule has 0 aliphatic heterocycles. The van der Waals surface area contributed by atoms with E-state index in [0.29, 0.717) is 12.8 Å². The van der Waals surface area contributed by atoms with Gasteiger partial charge in [0.05, 0.1) is 5.41 Å². The number of carbonyl (C=O) groups excluding carboxylic acids is 1. The highest BCUT2D eigenvalue weighted by Gasteiger charge is 2.50. The fraction of sp³-hybridized carbons (Fsp3) is 0.857. The quantitative estimate of drug-likeness (QED) is 0.714. The van der Waals surface area contributed by atoms with Crippen LogP contribution in [0.1, 0.15) is 51.9 Å². The molecule has 0 bridgehead atoms. The molecule has 5 heteroatoms. The van der Waals surface area contributed by atoms with Crippen LogP contribution in [0.25, 0.3) is 0 Å². The maximum Gasteiger partial charge on any atom is 0.315 e. The van der Waals surface area contributed by atoms with Crippen molar-refractivity contribution < 1.29 is 14.7 Å². The van der Waals surface area contributed by atoms with Crippen molar-refractivity contribution in [3.63, 3.8) is 0 Å². The predicted molar refractivity (Wildman–Crippen MR) is 71.9 cm³/mol. The molecule has 0 unspecified atom stereocenters. The maximum atomic E-state index is 11.7. The summed E-state index contributed by atoms with van der Waals surface area (Å²) in [5, 5.41) is 14.7. The fourth-order valence-corrected chi connectivity index (χ4v) is 2.82. The van der Waals surface area contributed by atoms with Crippen LogP contribution in [-0.2, 0) is 4.79 Å². The second kappa shape index (κ2) is 5.80. The summed E-state index contributed by atoms with van der Waals surface area (Å²) in [5.41, 5.74) is -0.683. The number of amides is 2. The highest BCUT2D eigenvalue weighted by Crippen LogP contribution is 2.45. The van der Waals surface area contributed by atoms with E-state index in [4.69, 9.17) is 5.11 Å². The molecule has 0 spiro atoms. The van der Waals surface area contributed by atoms with Crippen molar-refractivity contribution in [1.29, 1.82) is 0 Å². The van der Waals surface area contributed by atoms with Gasteiger partial charge in [0.2, 0.25) is 0 Å². The molecule has 0 saturated heterocycles. The number of hydrogen-bond donors (Lipinski definition) is 3. The van der Waals surface area contributed by atoms with Crippen molar-refractivity contribution in [2.45, 2.75) is 57.9 Å². The molecule has 2 rings (SSSR count). The molecule has 0 radical (unpaired) electrons. The summed E-state index contributed by atoms with van der Waals surface area (Å²) in [4.78, 5) is 22.7. The lowest BCUT2D eigenvalue weighted by atomic mass is 9.85. The van der Waals surface area contributed by atoms with Gasteiger partial charge < -0.3 is 15.7 Å². The lowest BCUT2D eigenvalue weighted by Crippen LogP contribution is -2.46. The van der Waals surface area contributed by atoms with Gasteiger partial charge in [-0.15, -0.1) is 0 Å². The van der Waals surface area contributed by atoms with E-state index in [2.05, 4.69) is 17.6 Å². The molecule has 0 heterocycles. The molecule has 2 amide bonds. The summed E-state index contributed by atoms with van der Waals surface area (Å²) in [6.45, 7) is 2.46. The Kier molecular flexibility index (Phi) is 4.32. The van der Waals surface area contributed by atoms with Crippen LogP contribution in [0.3, 0.4) is 0 Å². The molecule has 0 atom stereocenters. The van der Waals surface area contributed by atoms with Crippen LogP contribution < -0.4 is 10.6 Å². The van der Waals surface area contributed by atoms with Gasteiger partial charge >= 0.3 is 12.0 Å². The summed E-state index contributed by atoms with van der Waals surface area (Å²) < 4.78 is 0. The van der Waals surface area contributed by atoms with Crippen LogP contribution in [0.5, 0.6) is 0 Å². The normalized spacial score (nSPS) is 28.5. The largest absolute Gasteiger partial charge is 0.481 e. The Morgan fingerprint density at radius 2 is 1.84 bits per heavy atom. The monoisotopic (exact) mass is 268 g/mol. The van der Waals surface area contributed by atoms with Gasteiger partial charge in [-0.05, 0) is 44.4 Å². The van der Waals surface area contributed by atoms with E-state index >= 15 is 0 Å². The molecule has 2 fully saturated rings. The Balaban J connectivity index is 1.66. The standard InChI is InChI=1S/C14H24N2O3/c1-2-10-3-5-11(6-4-10)16-13(19)15-9-14(7-8-14)12(17)18/h10-11H,2-9H2,1H3,(H,17,18)(H2,15,16,19). The van der Waals surface area contributed by atoms with Crippen molar-refractivity contribution >= 4 is 12.0 Å². The van der Waals surface area contributed by atoms with E-state index in [-0.39, 0.29) is 18.6 Å². The second-order valence-corrected chi connectivity index (χ2v) is 6.04. The van der Waals surface area contributed by atoms with Gasteiger partial charge in [-0.2, -0.15) is 0 Å². The first kappa shape index (κ1) is 14.2. The Labute approximate surface area is 114 Å². The Morgan fingerprint density at radius 1 is 1.21 bits per heavy atom. The number of aliphatic carboxylic acids is 1. The molecule has 0 aromatic rings. The molecule has 2 aliphatic carbocycles. The average Bonchev–Trinajstić information content (AvgIpc) is 3.18. The second-order valence-electron chi connectivity index (χ2n) is 6.04. The molecule has 2 aliphatic rings. The summed E-state index contributed by atoms with van der Waals surface area (Å²) in [6, 6.07) is 0.0373. The number of nitrogens with one attached hydrogen (secondary N) is 2. The number of carboxylic acid groups (broad SMARTS) is 1. The van der Waals surface area contributed by atoms with Gasteiger partial charge in [0.15, 0.2) is 0 Å². The van der Waals surface area contributed by atoms with Gasteiger partial charge in [0, 0.05) is 12.6 Å². The average molecular weight is 268 g/mol. The number of rotatable bonds is 5. The lowest BCUT2D eigenvalue weighted by molar-refractivity contribution is -0.143. The van der Waals surface area contributed by atoms with Crippen LogP contribution in [0.15, 0.2) is 0 Å². The van der Waals surface area contributed by atoms with Gasteiger partial charge in [0.25, 0.3) is 0 Å². The van der Waals surface area contributed by atoms with Gasteiger partial charge in [-0.25, -0.2) is 4.79 Å². The molecule has 0 aromatic carbocycles. The number of carbonyl (C=O) groups is 2. The van der Waals surface area contributed by atoms with Crippen LogP contribution in [0, 0.1) is 11.3 Å². The smallest absolute Gasteiger partial charge is 0.315 e. The van der Waals surface area contributed by atoms with Crippen LogP contribution in [0.4, 0.5) is 4.79 Å². The zero-order chi connectivity index (χ0) is 13.9. The van der Waals surface area contributed by atoms with Crippen molar-refractivity contribution in [2.24, 2.45) is 11.3 Å². The molecule has 3 N–H and O–H groups in total. The maximum absolute atomic E-state index is 11.7. The molecule has 0 aromatic heterocycles. The number of carboxylic acids is 1. The van der Waals surface area contributed by atoms with E-state index in [0.717, 1.165) is 18.8 Å². The van der Waals surface area contributed by atoms with Crippen molar-refractivity contribution in [3.05, 3.63) is 0 Å². The zero-order valence-electron chi connectivity index (χ0n) is 11.6. The molecular formula is C14H24N2O3. The van der Waals surface area contributed by atoms with E-state index in [1.807, 2.05) is 0 Å². The minimum atomic E-state index is -0.795. The molecule has 108 valence electrons. The Morgan fingerprint density at radius 3 is 2.32 bits per heavy atom. The SMILES string of the molecule is CCC1CCC(NC(=O)NCC2(C(=O)O)CC2)CC1. The Hall–Kier alpha value is -1.26. The first-order valence-electron chi connectivity index (χ1n) is 7.33. The van der Waals surface area contributed by atoms with Gasteiger partial charge in [-0.3, -0.25) is 4.79 Å². The summed E-state index contributed by atoms with van der Waals surface area (Å²) in [5.74, 6) is 0.0131. The van der Waals surface area contributed by atoms with Crippen LogP contribution in [-0.4, -0.2) is 29.7 Å². The van der Waals surface area contributed by atoms with Crippen molar-refractivity contribution in [3.8, 4) is 0 Å². The third-order valence-corrected chi connectivity index (χ3v) is 4.65. The van der Waals surface area contributed by atoms with Gasteiger partial charge in [-0.1, -0.05) is 13.3 Å². The van der Waals surface area contributed by atoms with Crippen LogP contribution >= 0.6 is 0 Å². The van der Waals surface area contributed by atoms with E-state index in [1.54, 1.807) is 0 Å². The van der Waals surface area contributed by atoms with Crippen molar-refractivity contribution in [1.82, 2.24) is 10.6 Å². The fourth-order valence-electron chi connectivity index (χ4n) is 2.82. The van der Waals surface area contributed by atoms with Crippen LogP contribution in [0.2, 0.25) is 0 Å². The summed E-state index contributed by atoms with van der Waals surface area (Å²) in [7, 11) is 0. The number of hydrogen-bond acceptors (Lipinski definition) is 2. The minimum Gasteiger partial charge on any atom is -0.481 e. The topological polar surface area (TPSA) is 78.4 Å². The molecular weight excluding hydrogens is 244 g/mol. The third kappa shape index (κ3) is 3.61. The number of urea groups is 1. The van der Waals surface area contributed by atoms with Gasteiger partial charge in [0.1, 0.15) is 0 Å².